The average molecular weight is 412 g/mol. The molecule has 0 aliphatic carbocycles. The predicted molar refractivity (Wildman–Crippen MR) is 111 cm³/mol. The zero-order chi connectivity index (χ0) is 19.7. The largest absolute Gasteiger partial charge is 0.438 e. The van der Waals surface area contributed by atoms with Crippen molar-refractivity contribution in [1.29, 1.82) is 0 Å². The summed E-state index contributed by atoms with van der Waals surface area (Å²) in [4.78, 5) is 10.7. The third kappa shape index (κ3) is 3.83. The van der Waals surface area contributed by atoms with Crippen molar-refractivity contribution in [2.45, 2.75) is 18.7 Å². The Balaban J connectivity index is 1.53. The second kappa shape index (κ2) is 7.21. The Bertz CT molecular complexity index is 1230. The quantitative estimate of drug-likeness (QED) is 0.505. The Morgan fingerprint density at radius 1 is 0.964 bits per heavy atom. The van der Waals surface area contributed by atoms with Crippen LogP contribution in [-0.4, -0.2) is 18.4 Å². The molecule has 0 spiro atoms. The number of rotatable bonds is 5. The van der Waals surface area contributed by atoms with E-state index in [-0.39, 0.29) is 4.90 Å². The lowest BCUT2D eigenvalue weighted by Crippen LogP contribution is -2.12. The molecule has 142 valence electrons. The van der Waals surface area contributed by atoms with Gasteiger partial charge in [-0.3, -0.25) is 4.72 Å². The van der Waals surface area contributed by atoms with Crippen molar-refractivity contribution in [2.75, 3.05) is 4.72 Å². The minimum Gasteiger partial charge on any atom is -0.438 e. The van der Waals surface area contributed by atoms with E-state index in [1.165, 1.54) is 6.33 Å². The van der Waals surface area contributed by atoms with Crippen LogP contribution >= 0.6 is 11.3 Å². The minimum atomic E-state index is -3.64. The van der Waals surface area contributed by atoms with Crippen molar-refractivity contribution in [2.24, 2.45) is 0 Å². The van der Waals surface area contributed by atoms with Gasteiger partial charge in [0.1, 0.15) is 16.9 Å². The van der Waals surface area contributed by atoms with Gasteiger partial charge in [-0.05, 0) is 56.3 Å². The van der Waals surface area contributed by atoms with E-state index in [0.717, 1.165) is 20.7 Å². The van der Waals surface area contributed by atoms with Crippen LogP contribution in [0.1, 0.15) is 10.4 Å². The molecular formula is C20H17N3O3S2. The first-order valence-corrected chi connectivity index (χ1v) is 10.8. The number of sulfonamides is 1. The Hall–Kier alpha value is -2.97. The van der Waals surface area contributed by atoms with Gasteiger partial charge in [0.15, 0.2) is 0 Å². The number of anilines is 1. The molecule has 0 saturated heterocycles. The number of thiophene rings is 1. The Labute approximate surface area is 166 Å². The van der Waals surface area contributed by atoms with Crippen LogP contribution in [-0.2, 0) is 10.0 Å². The highest BCUT2D eigenvalue weighted by Gasteiger charge is 2.14. The lowest BCUT2D eigenvalue weighted by molar-refractivity contribution is 0.468. The highest BCUT2D eigenvalue weighted by Crippen LogP contribution is 2.32. The minimum absolute atomic E-state index is 0.217. The summed E-state index contributed by atoms with van der Waals surface area (Å²) >= 11 is 1.58. The number of ether oxygens (including phenoxy) is 1. The topological polar surface area (TPSA) is 81.2 Å². The molecule has 0 aliphatic heterocycles. The fourth-order valence-electron chi connectivity index (χ4n) is 2.67. The summed E-state index contributed by atoms with van der Waals surface area (Å²) in [6.45, 7) is 3.91. The Morgan fingerprint density at radius 2 is 1.68 bits per heavy atom. The first-order valence-electron chi connectivity index (χ1n) is 8.49. The number of benzene rings is 2. The second-order valence-electron chi connectivity index (χ2n) is 6.30. The summed E-state index contributed by atoms with van der Waals surface area (Å²) in [6.07, 6.45) is 1.47. The third-order valence-corrected chi connectivity index (χ3v) is 6.42. The van der Waals surface area contributed by atoms with Gasteiger partial charge in [0.2, 0.25) is 5.88 Å². The van der Waals surface area contributed by atoms with Crippen LogP contribution < -0.4 is 9.46 Å². The van der Waals surface area contributed by atoms with E-state index in [9.17, 15) is 8.42 Å². The third-order valence-electron chi connectivity index (χ3n) is 4.07. The van der Waals surface area contributed by atoms with Crippen molar-refractivity contribution in [1.82, 2.24) is 9.97 Å². The van der Waals surface area contributed by atoms with Crippen LogP contribution in [0.4, 0.5) is 5.69 Å². The normalized spacial score (nSPS) is 11.5. The number of hydrogen-bond donors (Lipinski definition) is 1. The predicted octanol–water partition coefficient (Wildman–Crippen LogP) is 4.90. The van der Waals surface area contributed by atoms with Crippen molar-refractivity contribution >= 4 is 37.3 Å². The van der Waals surface area contributed by atoms with Gasteiger partial charge in [0.25, 0.3) is 10.0 Å². The SMILES string of the molecule is Cc1ccc(S(=O)(=O)Nc2ccc(Oc3ncnc4sc(C)cc34)cc2)cc1. The summed E-state index contributed by atoms with van der Waals surface area (Å²) in [6, 6.07) is 15.4. The molecule has 4 rings (SSSR count). The molecule has 0 fully saturated rings. The van der Waals surface area contributed by atoms with Crippen LogP contribution in [0.3, 0.4) is 0 Å². The molecule has 0 atom stereocenters. The zero-order valence-corrected chi connectivity index (χ0v) is 16.8. The van der Waals surface area contributed by atoms with E-state index in [4.69, 9.17) is 4.74 Å². The van der Waals surface area contributed by atoms with Crippen LogP contribution in [0.25, 0.3) is 10.2 Å². The van der Waals surface area contributed by atoms with Gasteiger partial charge in [-0.2, -0.15) is 0 Å². The van der Waals surface area contributed by atoms with Gasteiger partial charge in [-0.25, -0.2) is 18.4 Å². The zero-order valence-electron chi connectivity index (χ0n) is 15.2. The molecule has 2 heterocycles. The summed E-state index contributed by atoms with van der Waals surface area (Å²) < 4.78 is 33.4. The number of aryl methyl sites for hydroxylation is 2. The lowest BCUT2D eigenvalue weighted by atomic mass is 10.2. The summed E-state index contributed by atoms with van der Waals surface area (Å²) in [5.74, 6) is 1.03. The molecule has 4 aromatic rings. The molecule has 0 radical (unpaired) electrons. The van der Waals surface area contributed by atoms with E-state index < -0.39 is 10.0 Å². The van der Waals surface area contributed by atoms with Gasteiger partial charge in [0.05, 0.1) is 10.3 Å². The molecular weight excluding hydrogens is 394 g/mol. The van der Waals surface area contributed by atoms with Crippen molar-refractivity contribution < 1.29 is 13.2 Å². The van der Waals surface area contributed by atoms with Crippen molar-refractivity contribution in [3.63, 3.8) is 0 Å². The van der Waals surface area contributed by atoms with Gasteiger partial charge >= 0.3 is 0 Å². The maximum atomic E-state index is 12.5. The first-order chi connectivity index (χ1) is 13.4. The van der Waals surface area contributed by atoms with Gasteiger partial charge < -0.3 is 4.74 Å². The number of nitrogens with zero attached hydrogens (tertiary/aromatic N) is 2. The van der Waals surface area contributed by atoms with Crippen LogP contribution in [0.15, 0.2) is 65.8 Å². The van der Waals surface area contributed by atoms with Crippen molar-refractivity contribution in [3.05, 3.63) is 71.4 Å². The lowest BCUT2D eigenvalue weighted by Gasteiger charge is -2.10. The average Bonchev–Trinajstić information content (AvgIpc) is 3.05. The van der Waals surface area contributed by atoms with E-state index in [0.29, 0.717) is 17.3 Å². The van der Waals surface area contributed by atoms with Crippen molar-refractivity contribution in [3.8, 4) is 11.6 Å². The fraction of sp³-hybridized carbons (Fsp3) is 0.100. The molecule has 0 aliphatic rings. The molecule has 0 saturated carbocycles. The Kier molecular flexibility index (Phi) is 4.74. The maximum absolute atomic E-state index is 12.5. The number of hydrogen-bond acceptors (Lipinski definition) is 6. The molecule has 2 aromatic heterocycles. The second-order valence-corrected chi connectivity index (χ2v) is 9.22. The fourth-order valence-corrected chi connectivity index (χ4v) is 4.57. The molecule has 1 N–H and O–H groups in total. The van der Waals surface area contributed by atoms with E-state index >= 15 is 0 Å². The molecule has 28 heavy (non-hydrogen) atoms. The monoisotopic (exact) mass is 411 g/mol. The van der Waals surface area contributed by atoms with Gasteiger partial charge in [-0.15, -0.1) is 11.3 Å². The number of aromatic nitrogens is 2. The van der Waals surface area contributed by atoms with E-state index in [2.05, 4.69) is 14.7 Å². The number of fused-ring (bicyclic) bond motifs is 1. The first kappa shape index (κ1) is 18.4. The van der Waals surface area contributed by atoms with Crippen LogP contribution in [0, 0.1) is 13.8 Å². The van der Waals surface area contributed by atoms with E-state index in [1.807, 2.05) is 19.9 Å². The molecule has 0 amide bonds. The number of nitrogens with one attached hydrogen (secondary N) is 1. The van der Waals surface area contributed by atoms with Gasteiger partial charge in [0, 0.05) is 10.6 Å². The smallest absolute Gasteiger partial charge is 0.261 e. The highest BCUT2D eigenvalue weighted by molar-refractivity contribution is 7.92. The summed E-state index contributed by atoms with van der Waals surface area (Å²) in [7, 11) is -3.64. The van der Waals surface area contributed by atoms with Crippen LogP contribution in [0.2, 0.25) is 0 Å². The van der Waals surface area contributed by atoms with Crippen LogP contribution in [0.5, 0.6) is 11.6 Å². The Morgan fingerprint density at radius 3 is 2.39 bits per heavy atom. The van der Waals surface area contributed by atoms with E-state index in [1.54, 1.807) is 59.9 Å². The highest BCUT2D eigenvalue weighted by atomic mass is 32.2. The maximum Gasteiger partial charge on any atom is 0.261 e. The molecule has 0 bridgehead atoms. The van der Waals surface area contributed by atoms with Gasteiger partial charge in [-0.1, -0.05) is 17.7 Å². The molecule has 6 nitrogen and oxygen atoms in total. The standard InChI is InChI=1S/C20H17N3O3S2/c1-13-3-9-17(10-4-13)28(24,25)23-15-5-7-16(8-6-15)26-19-18-11-14(2)27-20(18)22-12-21-19/h3-12,23H,1-2H3. The molecule has 8 heteroatoms. The molecule has 0 unspecified atom stereocenters. The summed E-state index contributed by atoms with van der Waals surface area (Å²) in [5.41, 5.74) is 1.45. The molecule has 2 aromatic carbocycles. The summed E-state index contributed by atoms with van der Waals surface area (Å²) in [5, 5.41) is 0.856.